The maximum Gasteiger partial charge on any atom is 0.244 e. The molecular formula is C18H18ClN3O2S. The molecule has 0 atom stereocenters. The Hall–Kier alpha value is -1.91. The zero-order chi connectivity index (χ0) is 17.9. The minimum atomic E-state index is -3.65. The van der Waals surface area contributed by atoms with E-state index in [9.17, 15) is 8.42 Å². The Bertz CT molecular complexity index is 901. The normalized spacial score (nSPS) is 16.5. The van der Waals surface area contributed by atoms with E-state index in [1.54, 1.807) is 12.1 Å². The largest absolute Gasteiger partial charge is 0.296 e. The van der Waals surface area contributed by atoms with Crippen molar-refractivity contribution in [3.05, 3.63) is 64.7 Å². The average Bonchev–Trinajstić information content (AvgIpc) is 2.64. The molecule has 0 unspecified atom stereocenters. The van der Waals surface area contributed by atoms with E-state index in [-0.39, 0.29) is 10.5 Å². The van der Waals surface area contributed by atoms with E-state index in [4.69, 9.17) is 16.9 Å². The number of nitrogens with zero attached hydrogens (tertiary/aromatic N) is 3. The number of hydrogen-bond acceptors (Lipinski definition) is 4. The first-order valence-electron chi connectivity index (χ1n) is 7.97. The van der Waals surface area contributed by atoms with Crippen molar-refractivity contribution in [2.45, 2.75) is 11.4 Å². The molecule has 1 fully saturated rings. The fourth-order valence-corrected chi connectivity index (χ4v) is 4.68. The Morgan fingerprint density at radius 1 is 1.00 bits per heavy atom. The molecule has 25 heavy (non-hydrogen) atoms. The molecule has 3 rings (SSSR count). The van der Waals surface area contributed by atoms with Gasteiger partial charge in [0.05, 0.1) is 10.5 Å². The fourth-order valence-electron chi connectivity index (χ4n) is 2.92. The lowest BCUT2D eigenvalue weighted by Gasteiger charge is -2.34. The first-order chi connectivity index (χ1) is 12.0. The number of benzene rings is 2. The van der Waals surface area contributed by atoms with Crippen LogP contribution in [0, 0.1) is 11.3 Å². The van der Waals surface area contributed by atoms with Crippen LogP contribution in [0.1, 0.15) is 11.1 Å². The summed E-state index contributed by atoms with van der Waals surface area (Å²) < 4.78 is 27.1. The van der Waals surface area contributed by atoms with Crippen LogP contribution in [0.2, 0.25) is 5.02 Å². The monoisotopic (exact) mass is 375 g/mol. The minimum Gasteiger partial charge on any atom is -0.296 e. The molecule has 2 aromatic carbocycles. The molecule has 0 N–H and O–H groups in total. The maximum absolute atomic E-state index is 12.8. The van der Waals surface area contributed by atoms with Crippen LogP contribution >= 0.6 is 11.6 Å². The predicted octanol–water partition coefficient (Wildman–Crippen LogP) is 2.72. The van der Waals surface area contributed by atoms with Crippen molar-refractivity contribution >= 4 is 21.6 Å². The number of hydrogen-bond donors (Lipinski definition) is 0. The summed E-state index contributed by atoms with van der Waals surface area (Å²) >= 11 is 6.19. The van der Waals surface area contributed by atoms with Gasteiger partial charge in [-0.15, -0.1) is 0 Å². The van der Waals surface area contributed by atoms with E-state index in [0.717, 1.165) is 10.6 Å². The molecule has 0 aromatic heterocycles. The van der Waals surface area contributed by atoms with Crippen LogP contribution in [-0.4, -0.2) is 43.8 Å². The maximum atomic E-state index is 12.8. The number of halogens is 1. The Morgan fingerprint density at radius 2 is 1.64 bits per heavy atom. The minimum absolute atomic E-state index is 0.0806. The molecule has 1 heterocycles. The van der Waals surface area contributed by atoms with Crippen molar-refractivity contribution in [3.63, 3.8) is 0 Å². The first kappa shape index (κ1) is 17.9. The second-order valence-electron chi connectivity index (χ2n) is 5.88. The first-order valence-corrected chi connectivity index (χ1v) is 9.79. The van der Waals surface area contributed by atoms with Crippen molar-refractivity contribution in [2.24, 2.45) is 0 Å². The lowest BCUT2D eigenvalue weighted by molar-refractivity contribution is 0.181. The van der Waals surface area contributed by atoms with Gasteiger partial charge in [0, 0.05) is 37.7 Å². The highest BCUT2D eigenvalue weighted by atomic mass is 35.5. The van der Waals surface area contributed by atoms with E-state index in [1.165, 1.54) is 16.4 Å². The molecular weight excluding hydrogens is 358 g/mol. The van der Waals surface area contributed by atoms with Crippen molar-refractivity contribution in [1.29, 1.82) is 5.26 Å². The van der Waals surface area contributed by atoms with Gasteiger partial charge in [-0.2, -0.15) is 9.57 Å². The quantitative estimate of drug-likeness (QED) is 0.824. The standard InChI is InChI=1S/C18H18ClN3O2S/c19-17-7-3-1-6-16(17)14-21-9-11-22(12-10-21)25(23,24)18-8-4-2-5-15(18)13-20/h1-8H,9-12,14H2. The summed E-state index contributed by atoms with van der Waals surface area (Å²) in [6.45, 7) is 2.74. The second kappa shape index (κ2) is 7.54. The molecule has 2 aromatic rings. The van der Waals surface area contributed by atoms with Gasteiger partial charge in [0.1, 0.15) is 6.07 Å². The van der Waals surface area contributed by atoms with Crippen molar-refractivity contribution in [3.8, 4) is 6.07 Å². The zero-order valence-corrected chi connectivity index (χ0v) is 15.2. The van der Waals surface area contributed by atoms with Crippen LogP contribution in [0.3, 0.4) is 0 Å². The highest BCUT2D eigenvalue weighted by Gasteiger charge is 2.30. The van der Waals surface area contributed by atoms with Gasteiger partial charge < -0.3 is 0 Å². The van der Waals surface area contributed by atoms with E-state index in [1.807, 2.05) is 30.3 Å². The van der Waals surface area contributed by atoms with E-state index in [2.05, 4.69) is 4.90 Å². The molecule has 0 amide bonds. The molecule has 0 saturated carbocycles. The van der Waals surface area contributed by atoms with Gasteiger partial charge in [-0.3, -0.25) is 4.90 Å². The summed E-state index contributed by atoms with van der Waals surface area (Å²) in [5.41, 5.74) is 1.22. The fraction of sp³-hybridized carbons (Fsp3) is 0.278. The molecule has 7 heteroatoms. The smallest absolute Gasteiger partial charge is 0.244 e. The predicted molar refractivity (Wildman–Crippen MR) is 96.6 cm³/mol. The zero-order valence-electron chi connectivity index (χ0n) is 13.6. The molecule has 130 valence electrons. The molecule has 0 spiro atoms. The Labute approximate surface area is 153 Å². The van der Waals surface area contributed by atoms with Gasteiger partial charge in [-0.1, -0.05) is 41.9 Å². The van der Waals surface area contributed by atoms with Gasteiger partial charge >= 0.3 is 0 Å². The van der Waals surface area contributed by atoms with Crippen LogP contribution in [-0.2, 0) is 16.6 Å². The molecule has 0 aliphatic carbocycles. The van der Waals surface area contributed by atoms with E-state index < -0.39 is 10.0 Å². The lowest BCUT2D eigenvalue weighted by Crippen LogP contribution is -2.48. The Morgan fingerprint density at radius 3 is 2.32 bits per heavy atom. The van der Waals surface area contributed by atoms with Crippen LogP contribution < -0.4 is 0 Å². The molecule has 1 aliphatic rings. The molecule has 1 aliphatic heterocycles. The number of nitriles is 1. The van der Waals surface area contributed by atoms with Crippen LogP contribution in [0.25, 0.3) is 0 Å². The van der Waals surface area contributed by atoms with Crippen molar-refractivity contribution in [1.82, 2.24) is 9.21 Å². The summed E-state index contributed by atoms with van der Waals surface area (Å²) in [5, 5.41) is 9.88. The topological polar surface area (TPSA) is 64.4 Å². The summed E-state index contributed by atoms with van der Waals surface area (Å²) in [5.74, 6) is 0. The van der Waals surface area contributed by atoms with Gasteiger partial charge in [-0.25, -0.2) is 8.42 Å². The number of rotatable bonds is 4. The Kier molecular flexibility index (Phi) is 5.40. The third-order valence-electron chi connectivity index (χ3n) is 4.31. The third kappa shape index (κ3) is 3.86. The lowest BCUT2D eigenvalue weighted by atomic mass is 10.2. The summed E-state index contributed by atoms with van der Waals surface area (Å²) in [4.78, 5) is 2.26. The summed E-state index contributed by atoms with van der Waals surface area (Å²) in [7, 11) is -3.65. The van der Waals surface area contributed by atoms with Crippen LogP contribution in [0.15, 0.2) is 53.4 Å². The molecule has 0 radical (unpaired) electrons. The number of sulfonamides is 1. The molecule has 5 nitrogen and oxygen atoms in total. The highest BCUT2D eigenvalue weighted by Crippen LogP contribution is 2.22. The SMILES string of the molecule is N#Cc1ccccc1S(=O)(=O)N1CCN(Cc2ccccc2Cl)CC1. The van der Waals surface area contributed by atoms with Crippen molar-refractivity contribution in [2.75, 3.05) is 26.2 Å². The third-order valence-corrected chi connectivity index (χ3v) is 6.63. The van der Waals surface area contributed by atoms with Crippen molar-refractivity contribution < 1.29 is 8.42 Å². The second-order valence-corrected chi connectivity index (χ2v) is 8.19. The molecule has 0 bridgehead atoms. The number of piperazine rings is 1. The van der Waals surface area contributed by atoms with Gasteiger partial charge in [0.25, 0.3) is 0 Å². The summed E-state index contributed by atoms with van der Waals surface area (Å²) in [6.07, 6.45) is 0. The highest BCUT2D eigenvalue weighted by molar-refractivity contribution is 7.89. The summed E-state index contributed by atoms with van der Waals surface area (Å²) in [6, 6.07) is 16.0. The van der Waals surface area contributed by atoms with E-state index >= 15 is 0 Å². The van der Waals surface area contributed by atoms with Gasteiger partial charge in [-0.05, 0) is 23.8 Å². The average molecular weight is 376 g/mol. The van der Waals surface area contributed by atoms with E-state index in [0.29, 0.717) is 32.7 Å². The van der Waals surface area contributed by atoms with Gasteiger partial charge in [0.15, 0.2) is 0 Å². The van der Waals surface area contributed by atoms with Crippen LogP contribution in [0.4, 0.5) is 0 Å². The van der Waals surface area contributed by atoms with Crippen LogP contribution in [0.5, 0.6) is 0 Å². The molecule has 1 saturated heterocycles. The Balaban J connectivity index is 1.70. The van der Waals surface area contributed by atoms with Gasteiger partial charge in [0.2, 0.25) is 10.0 Å².